The second kappa shape index (κ2) is 14.2. The molecule has 8 nitrogen and oxygen atoms in total. The summed E-state index contributed by atoms with van der Waals surface area (Å²) >= 11 is 17.0. The van der Waals surface area contributed by atoms with E-state index in [-0.39, 0.29) is 17.7 Å². The van der Waals surface area contributed by atoms with Crippen LogP contribution in [0.3, 0.4) is 0 Å². The van der Waals surface area contributed by atoms with Crippen molar-refractivity contribution in [3.63, 3.8) is 0 Å². The van der Waals surface area contributed by atoms with Crippen LogP contribution in [0.1, 0.15) is 43.5 Å². The summed E-state index contributed by atoms with van der Waals surface area (Å²) in [6.07, 6.45) is 1.79. The van der Waals surface area contributed by atoms with Gasteiger partial charge in [0.25, 0.3) is 5.56 Å². The van der Waals surface area contributed by atoms with Gasteiger partial charge in [-0.2, -0.15) is 0 Å². The number of hydrogen-bond acceptors (Lipinski definition) is 8. The van der Waals surface area contributed by atoms with Crippen LogP contribution < -0.4 is 29.1 Å². The number of hydrogen-bond donors (Lipinski definition) is 0. The van der Waals surface area contributed by atoms with Crippen LogP contribution >= 0.6 is 50.5 Å². The third kappa shape index (κ3) is 6.99. The smallest absolute Gasteiger partial charge is 0.338 e. The summed E-state index contributed by atoms with van der Waals surface area (Å²) < 4.78 is 25.3. The lowest BCUT2D eigenvalue weighted by Crippen LogP contribution is -2.40. The largest absolute Gasteiger partial charge is 0.493 e. The van der Waals surface area contributed by atoms with E-state index in [1.165, 1.54) is 23.0 Å². The molecule has 0 amide bonds. The molecule has 5 rings (SSSR count). The van der Waals surface area contributed by atoms with E-state index < -0.39 is 12.0 Å². The molecule has 0 saturated heterocycles. The molecule has 0 spiro atoms. The van der Waals surface area contributed by atoms with E-state index in [1.807, 2.05) is 37.3 Å². The van der Waals surface area contributed by atoms with E-state index in [2.05, 4.69) is 20.9 Å². The number of allylic oxidation sites excluding steroid dienone is 1. The van der Waals surface area contributed by atoms with Crippen LogP contribution in [0.5, 0.6) is 17.2 Å². The highest BCUT2D eigenvalue weighted by atomic mass is 79.9. The third-order valence-electron chi connectivity index (χ3n) is 6.96. The van der Waals surface area contributed by atoms with Gasteiger partial charge in [0.2, 0.25) is 0 Å². The summed E-state index contributed by atoms with van der Waals surface area (Å²) in [4.78, 5) is 32.5. The van der Waals surface area contributed by atoms with Gasteiger partial charge in [-0.25, -0.2) is 9.79 Å². The Hall–Kier alpha value is -3.57. The topological polar surface area (TPSA) is 88.4 Å². The predicted octanol–water partition coefficient (Wildman–Crippen LogP) is 6.85. The highest BCUT2D eigenvalue weighted by molar-refractivity contribution is 9.10. The summed E-state index contributed by atoms with van der Waals surface area (Å²) in [6.45, 7) is 6.29. The number of fused-ring (bicyclic) bond motifs is 1. The van der Waals surface area contributed by atoms with Gasteiger partial charge in [0, 0.05) is 4.47 Å². The van der Waals surface area contributed by atoms with Gasteiger partial charge in [-0.1, -0.05) is 68.7 Å². The lowest BCUT2D eigenvalue weighted by atomic mass is 9.95. The second-order valence-corrected chi connectivity index (χ2v) is 12.5. The molecule has 0 bridgehead atoms. The molecular weight excluding hydrogens is 703 g/mol. The first-order chi connectivity index (χ1) is 21.6. The summed E-state index contributed by atoms with van der Waals surface area (Å²) in [5.41, 5.74) is 2.75. The van der Waals surface area contributed by atoms with Crippen molar-refractivity contribution < 1.29 is 23.7 Å². The van der Waals surface area contributed by atoms with Gasteiger partial charge in [0.1, 0.15) is 12.4 Å². The molecule has 1 aliphatic heterocycles. The number of esters is 1. The molecule has 0 aliphatic carbocycles. The quantitative estimate of drug-likeness (QED) is 0.166. The maximum Gasteiger partial charge on any atom is 0.338 e. The van der Waals surface area contributed by atoms with E-state index in [9.17, 15) is 9.59 Å². The normalized spacial score (nSPS) is 14.6. The highest BCUT2D eigenvalue weighted by Crippen LogP contribution is 2.41. The number of halogens is 3. The summed E-state index contributed by atoms with van der Waals surface area (Å²) in [7, 11) is 1.54. The predicted molar refractivity (Wildman–Crippen MR) is 179 cm³/mol. The molecule has 2 heterocycles. The van der Waals surface area contributed by atoms with Crippen LogP contribution in [0.25, 0.3) is 6.08 Å². The van der Waals surface area contributed by atoms with Crippen LogP contribution in [0.4, 0.5) is 0 Å². The molecule has 0 saturated carbocycles. The Kier molecular flexibility index (Phi) is 10.4. The van der Waals surface area contributed by atoms with Gasteiger partial charge in [-0.05, 0) is 79.9 Å². The van der Waals surface area contributed by atoms with Crippen molar-refractivity contribution in [2.75, 3.05) is 20.3 Å². The highest BCUT2D eigenvalue weighted by Gasteiger charge is 2.35. The number of ether oxygens (including phenoxy) is 4. The van der Waals surface area contributed by atoms with Crippen LogP contribution in [0, 0.1) is 0 Å². The average Bonchev–Trinajstić information content (AvgIpc) is 3.32. The zero-order valence-electron chi connectivity index (χ0n) is 24.9. The number of nitrogens with zero attached hydrogens (tertiary/aromatic N) is 2. The third-order valence-corrected chi connectivity index (χ3v) is 9.37. The zero-order chi connectivity index (χ0) is 32.2. The van der Waals surface area contributed by atoms with E-state index in [0.717, 1.165) is 11.1 Å². The Balaban J connectivity index is 1.54. The maximum atomic E-state index is 14.0. The number of methoxy groups -OCH3 is 1. The van der Waals surface area contributed by atoms with Gasteiger partial charge in [0.05, 0.1) is 52.2 Å². The molecule has 1 aromatic heterocycles. The van der Waals surface area contributed by atoms with Crippen molar-refractivity contribution >= 4 is 62.5 Å². The first-order valence-electron chi connectivity index (χ1n) is 14.0. The first kappa shape index (κ1) is 32.8. The fourth-order valence-corrected chi connectivity index (χ4v) is 6.79. The van der Waals surface area contributed by atoms with Gasteiger partial charge in [-0.15, -0.1) is 0 Å². The number of rotatable bonds is 10. The average molecular weight is 732 g/mol. The fraction of sp³-hybridized carbons (Fsp3) is 0.242. The molecule has 45 heavy (non-hydrogen) atoms. The Labute approximate surface area is 282 Å². The number of thiazole rings is 1. The lowest BCUT2D eigenvalue weighted by Gasteiger charge is -2.26. The van der Waals surface area contributed by atoms with E-state index in [0.29, 0.717) is 65.6 Å². The molecule has 12 heteroatoms. The molecule has 0 fully saturated rings. The van der Waals surface area contributed by atoms with Gasteiger partial charge in [-0.3, -0.25) is 9.36 Å². The Morgan fingerprint density at radius 2 is 1.78 bits per heavy atom. The van der Waals surface area contributed by atoms with Gasteiger partial charge < -0.3 is 18.9 Å². The van der Waals surface area contributed by atoms with Crippen molar-refractivity contribution in [3.05, 3.63) is 117 Å². The monoisotopic (exact) mass is 730 g/mol. The zero-order valence-corrected chi connectivity index (χ0v) is 28.8. The first-order valence-corrected chi connectivity index (χ1v) is 16.4. The minimum atomic E-state index is -0.821. The van der Waals surface area contributed by atoms with Gasteiger partial charge >= 0.3 is 5.97 Å². The van der Waals surface area contributed by atoms with Crippen molar-refractivity contribution in [2.24, 2.45) is 4.99 Å². The molecule has 0 radical (unpaired) electrons. The molecule has 234 valence electrons. The summed E-state index contributed by atoms with van der Waals surface area (Å²) in [6, 6.07) is 15.5. The molecule has 1 atom stereocenters. The van der Waals surface area contributed by atoms with Crippen molar-refractivity contribution in [1.29, 1.82) is 0 Å². The Morgan fingerprint density at radius 3 is 2.44 bits per heavy atom. The Bertz CT molecular complexity index is 1970. The number of aromatic nitrogens is 1. The van der Waals surface area contributed by atoms with E-state index >= 15 is 0 Å². The molecule has 0 N–H and O–H groups in total. The SMILES string of the molecule is CCOC(=O)C1=C(C)N=c2s/c(=C/c3ccc(OCc4ccc(Cl)c(Cl)c4)cc3)c(=O)n2[C@@H]1c1cc(OC)c(OCC)cc1Br. The van der Waals surface area contributed by atoms with Crippen molar-refractivity contribution in [1.82, 2.24) is 4.57 Å². The number of carbonyl (C=O) groups is 1. The van der Waals surface area contributed by atoms with Gasteiger partial charge in [0.15, 0.2) is 16.3 Å². The van der Waals surface area contributed by atoms with Crippen LogP contribution in [0.15, 0.2) is 80.1 Å². The van der Waals surface area contributed by atoms with Crippen LogP contribution in [-0.2, 0) is 16.1 Å². The Morgan fingerprint density at radius 1 is 1.02 bits per heavy atom. The van der Waals surface area contributed by atoms with E-state index in [1.54, 1.807) is 44.2 Å². The summed E-state index contributed by atoms with van der Waals surface area (Å²) in [5.74, 6) is 1.11. The fourth-order valence-electron chi connectivity index (χ4n) is 4.88. The second-order valence-electron chi connectivity index (χ2n) is 9.87. The molecule has 1 aliphatic rings. The van der Waals surface area contributed by atoms with Crippen LogP contribution in [-0.4, -0.2) is 30.9 Å². The number of benzene rings is 3. The lowest BCUT2D eigenvalue weighted by molar-refractivity contribution is -0.139. The molecule has 4 aromatic rings. The minimum absolute atomic E-state index is 0.174. The molecule has 0 unspecified atom stereocenters. The molecule has 3 aromatic carbocycles. The minimum Gasteiger partial charge on any atom is -0.493 e. The maximum absolute atomic E-state index is 14.0. The summed E-state index contributed by atoms with van der Waals surface area (Å²) in [5, 5.41) is 0.955. The number of carbonyl (C=O) groups excluding carboxylic acids is 1. The van der Waals surface area contributed by atoms with E-state index in [4.69, 9.17) is 42.1 Å². The van der Waals surface area contributed by atoms with Crippen molar-refractivity contribution in [3.8, 4) is 17.2 Å². The van der Waals surface area contributed by atoms with Crippen molar-refractivity contribution in [2.45, 2.75) is 33.4 Å². The molecular formula is C33H29BrCl2N2O6S. The standard InChI is InChI=1S/C33H29BrCl2N2O6S/c1-5-42-27-16-23(34)22(15-26(27)41-4)30-29(32(40)43-6-2)18(3)37-33-38(30)31(39)28(45-33)14-19-7-10-21(11-8-19)44-17-20-9-12-24(35)25(36)13-20/h7-16,30H,5-6,17H2,1-4H3/b28-14+/t30-/m1/s1. The van der Waals surface area contributed by atoms with Crippen LogP contribution in [0.2, 0.25) is 10.0 Å².